The summed E-state index contributed by atoms with van der Waals surface area (Å²) in [5.41, 5.74) is 1.27. The zero-order valence-electron chi connectivity index (χ0n) is 12.7. The quantitative estimate of drug-likeness (QED) is 0.472. The Kier molecular flexibility index (Phi) is 9.44. The molecule has 0 aliphatic carbocycles. The first-order valence-corrected chi connectivity index (χ1v) is 7.94. The van der Waals surface area contributed by atoms with E-state index >= 15 is 0 Å². The summed E-state index contributed by atoms with van der Waals surface area (Å²) in [6.07, 6.45) is 9.61. The molecule has 0 saturated heterocycles. The minimum atomic E-state index is 0.690. The van der Waals surface area contributed by atoms with Crippen molar-refractivity contribution in [2.24, 2.45) is 5.92 Å². The summed E-state index contributed by atoms with van der Waals surface area (Å²) in [7, 11) is 0. The van der Waals surface area contributed by atoms with Gasteiger partial charge < -0.3 is 4.74 Å². The Bertz CT molecular complexity index is 294. The molecule has 1 aromatic carbocycles. The van der Waals surface area contributed by atoms with Crippen molar-refractivity contribution in [3.8, 4) is 0 Å². The Balaban J connectivity index is 1.94. The van der Waals surface area contributed by atoms with Crippen LogP contribution >= 0.6 is 0 Å². The fourth-order valence-electron chi connectivity index (χ4n) is 2.31. The van der Waals surface area contributed by atoms with Crippen LogP contribution in [-0.4, -0.2) is 6.61 Å². The topological polar surface area (TPSA) is 9.23 Å². The van der Waals surface area contributed by atoms with Crippen LogP contribution in [0.1, 0.15) is 64.4 Å². The normalized spacial score (nSPS) is 12.5. The highest BCUT2D eigenvalue weighted by atomic mass is 16.5. The van der Waals surface area contributed by atoms with Gasteiger partial charge >= 0.3 is 0 Å². The van der Waals surface area contributed by atoms with E-state index in [9.17, 15) is 0 Å². The zero-order valence-corrected chi connectivity index (χ0v) is 12.7. The predicted molar refractivity (Wildman–Crippen MR) is 83.3 cm³/mol. The number of hydrogen-bond donors (Lipinski definition) is 0. The second kappa shape index (κ2) is 11.0. The van der Waals surface area contributed by atoms with Crippen molar-refractivity contribution in [3.63, 3.8) is 0 Å². The fourth-order valence-corrected chi connectivity index (χ4v) is 2.31. The van der Waals surface area contributed by atoms with E-state index in [0.29, 0.717) is 5.92 Å². The standard InChI is InChI=1S/C18H30O/c1-3-4-5-6-7-9-12-17(2)15-19-16-18-13-10-8-11-14-18/h8,10-11,13-14,17H,3-7,9,12,15-16H2,1-2H3/t17-/m0/s1. The van der Waals surface area contributed by atoms with Gasteiger partial charge in [0.05, 0.1) is 6.61 Å². The van der Waals surface area contributed by atoms with E-state index in [4.69, 9.17) is 4.74 Å². The Labute approximate surface area is 119 Å². The minimum absolute atomic E-state index is 0.690. The van der Waals surface area contributed by atoms with Crippen LogP contribution in [0.3, 0.4) is 0 Å². The molecule has 0 radical (unpaired) electrons. The molecule has 0 fully saturated rings. The van der Waals surface area contributed by atoms with Crippen LogP contribution in [0.15, 0.2) is 30.3 Å². The molecule has 1 nitrogen and oxygen atoms in total. The maximum absolute atomic E-state index is 5.78. The van der Waals surface area contributed by atoms with Gasteiger partial charge in [-0.3, -0.25) is 0 Å². The number of hydrogen-bond acceptors (Lipinski definition) is 1. The summed E-state index contributed by atoms with van der Waals surface area (Å²) < 4.78 is 5.78. The number of rotatable bonds is 11. The lowest BCUT2D eigenvalue weighted by Crippen LogP contribution is -2.06. The average molecular weight is 262 g/mol. The second-order valence-electron chi connectivity index (χ2n) is 5.66. The summed E-state index contributed by atoms with van der Waals surface area (Å²) in [5, 5.41) is 0. The van der Waals surface area contributed by atoms with Gasteiger partial charge in [-0.1, -0.05) is 82.7 Å². The van der Waals surface area contributed by atoms with Crippen LogP contribution in [0.4, 0.5) is 0 Å². The first kappa shape index (κ1) is 16.2. The van der Waals surface area contributed by atoms with Crippen LogP contribution in [0.5, 0.6) is 0 Å². The lowest BCUT2D eigenvalue weighted by atomic mass is 10.0. The zero-order chi connectivity index (χ0) is 13.8. The van der Waals surface area contributed by atoms with Gasteiger partial charge in [0.2, 0.25) is 0 Å². The first-order chi connectivity index (χ1) is 9.33. The highest BCUT2D eigenvalue weighted by molar-refractivity contribution is 5.13. The van der Waals surface area contributed by atoms with Crippen molar-refractivity contribution < 1.29 is 4.74 Å². The molecule has 1 rings (SSSR count). The molecule has 0 spiro atoms. The Morgan fingerprint density at radius 3 is 2.37 bits per heavy atom. The maximum atomic E-state index is 5.78. The summed E-state index contributed by atoms with van der Waals surface area (Å²) in [6, 6.07) is 10.4. The van der Waals surface area contributed by atoms with E-state index < -0.39 is 0 Å². The molecule has 0 amide bonds. The van der Waals surface area contributed by atoms with E-state index in [-0.39, 0.29) is 0 Å². The van der Waals surface area contributed by atoms with Gasteiger partial charge in [0.1, 0.15) is 0 Å². The monoisotopic (exact) mass is 262 g/mol. The fraction of sp³-hybridized carbons (Fsp3) is 0.667. The molecular weight excluding hydrogens is 232 g/mol. The first-order valence-electron chi connectivity index (χ1n) is 7.94. The third kappa shape index (κ3) is 8.83. The van der Waals surface area contributed by atoms with Crippen molar-refractivity contribution in [2.45, 2.75) is 65.4 Å². The van der Waals surface area contributed by atoms with Gasteiger partial charge in [0.15, 0.2) is 0 Å². The lowest BCUT2D eigenvalue weighted by molar-refractivity contribution is 0.0887. The van der Waals surface area contributed by atoms with E-state index in [1.807, 2.05) is 6.07 Å². The predicted octanol–water partition coefficient (Wildman–Crippen LogP) is 5.59. The number of benzene rings is 1. The summed E-state index contributed by atoms with van der Waals surface area (Å²) in [4.78, 5) is 0. The summed E-state index contributed by atoms with van der Waals surface area (Å²) >= 11 is 0. The summed E-state index contributed by atoms with van der Waals surface area (Å²) in [5.74, 6) is 0.690. The molecule has 108 valence electrons. The molecule has 0 aromatic heterocycles. The molecule has 0 bridgehead atoms. The van der Waals surface area contributed by atoms with Crippen molar-refractivity contribution >= 4 is 0 Å². The molecule has 0 aliphatic heterocycles. The van der Waals surface area contributed by atoms with Crippen molar-refractivity contribution in [1.82, 2.24) is 0 Å². The number of ether oxygens (including phenoxy) is 1. The van der Waals surface area contributed by atoms with Gasteiger partial charge in [0.25, 0.3) is 0 Å². The Morgan fingerprint density at radius 1 is 0.947 bits per heavy atom. The van der Waals surface area contributed by atoms with Gasteiger partial charge in [0, 0.05) is 6.61 Å². The van der Waals surface area contributed by atoms with Crippen molar-refractivity contribution in [2.75, 3.05) is 6.61 Å². The summed E-state index contributed by atoms with van der Waals surface area (Å²) in [6.45, 7) is 6.22. The lowest BCUT2D eigenvalue weighted by Gasteiger charge is -2.12. The van der Waals surface area contributed by atoms with Crippen LogP contribution in [0, 0.1) is 5.92 Å². The van der Waals surface area contributed by atoms with E-state index in [2.05, 4.69) is 38.1 Å². The average Bonchev–Trinajstić information content (AvgIpc) is 2.44. The molecule has 0 N–H and O–H groups in total. The third-order valence-corrected chi connectivity index (χ3v) is 3.56. The smallest absolute Gasteiger partial charge is 0.0717 e. The van der Waals surface area contributed by atoms with Crippen LogP contribution in [0.25, 0.3) is 0 Å². The molecule has 1 aromatic rings. The molecular formula is C18H30O. The molecule has 1 heteroatoms. The molecule has 0 saturated carbocycles. The van der Waals surface area contributed by atoms with E-state index in [0.717, 1.165) is 13.2 Å². The molecule has 0 unspecified atom stereocenters. The van der Waals surface area contributed by atoms with Crippen molar-refractivity contribution in [1.29, 1.82) is 0 Å². The van der Waals surface area contributed by atoms with Gasteiger partial charge in [-0.15, -0.1) is 0 Å². The second-order valence-corrected chi connectivity index (χ2v) is 5.66. The van der Waals surface area contributed by atoms with Crippen LogP contribution < -0.4 is 0 Å². The SMILES string of the molecule is CCCCCCCC[C@H](C)COCc1ccccc1. The largest absolute Gasteiger partial charge is 0.376 e. The highest BCUT2D eigenvalue weighted by Crippen LogP contribution is 2.13. The maximum Gasteiger partial charge on any atom is 0.0717 e. The van der Waals surface area contributed by atoms with Crippen LogP contribution in [-0.2, 0) is 11.3 Å². The van der Waals surface area contributed by atoms with Gasteiger partial charge in [-0.05, 0) is 17.9 Å². The molecule has 0 aliphatic rings. The van der Waals surface area contributed by atoms with Crippen molar-refractivity contribution in [3.05, 3.63) is 35.9 Å². The molecule has 1 atom stereocenters. The van der Waals surface area contributed by atoms with E-state index in [1.54, 1.807) is 0 Å². The van der Waals surface area contributed by atoms with Gasteiger partial charge in [-0.25, -0.2) is 0 Å². The third-order valence-electron chi connectivity index (χ3n) is 3.56. The van der Waals surface area contributed by atoms with E-state index in [1.165, 1.54) is 50.5 Å². The molecule has 19 heavy (non-hydrogen) atoms. The Hall–Kier alpha value is -0.820. The highest BCUT2D eigenvalue weighted by Gasteiger charge is 2.02. The Morgan fingerprint density at radius 2 is 1.63 bits per heavy atom. The minimum Gasteiger partial charge on any atom is -0.376 e. The number of unbranched alkanes of at least 4 members (excludes halogenated alkanes) is 5. The molecule has 0 heterocycles. The van der Waals surface area contributed by atoms with Crippen LogP contribution in [0.2, 0.25) is 0 Å². The van der Waals surface area contributed by atoms with Gasteiger partial charge in [-0.2, -0.15) is 0 Å².